The van der Waals surface area contributed by atoms with Gasteiger partial charge in [0.05, 0.1) is 26.9 Å². The van der Waals surface area contributed by atoms with E-state index in [9.17, 15) is 4.79 Å². The number of carbonyl (C=O) groups is 1. The highest BCUT2D eigenvalue weighted by atomic mass is 79.9. The molecule has 0 atom stereocenters. The van der Waals surface area contributed by atoms with E-state index in [1.165, 1.54) is 7.11 Å². The average molecular weight is 351 g/mol. The van der Waals surface area contributed by atoms with Crippen LogP contribution < -0.4 is 14.2 Å². The Balaban J connectivity index is 2.53. The molecule has 0 aromatic heterocycles. The Kier molecular flexibility index (Phi) is 4.85. The van der Waals surface area contributed by atoms with Crippen LogP contribution in [0.2, 0.25) is 0 Å². The summed E-state index contributed by atoms with van der Waals surface area (Å²) in [5.74, 6) is 1.54. The Morgan fingerprint density at radius 2 is 1.43 bits per heavy atom. The monoisotopic (exact) mass is 350 g/mol. The molecule has 2 rings (SSSR count). The van der Waals surface area contributed by atoms with Gasteiger partial charge in [-0.3, -0.25) is 4.79 Å². The van der Waals surface area contributed by atoms with E-state index in [0.29, 0.717) is 32.8 Å². The van der Waals surface area contributed by atoms with Crippen molar-refractivity contribution in [1.82, 2.24) is 0 Å². The van der Waals surface area contributed by atoms with Gasteiger partial charge in [-0.15, -0.1) is 0 Å². The minimum atomic E-state index is -0.170. The van der Waals surface area contributed by atoms with Gasteiger partial charge in [0, 0.05) is 10.0 Å². The highest BCUT2D eigenvalue weighted by Gasteiger charge is 2.18. The summed E-state index contributed by atoms with van der Waals surface area (Å²) in [6.07, 6.45) is 0. The fourth-order valence-electron chi connectivity index (χ4n) is 1.94. The van der Waals surface area contributed by atoms with Crippen LogP contribution in [0.15, 0.2) is 40.9 Å². The lowest BCUT2D eigenvalue weighted by atomic mass is 10.0. The molecule has 0 aliphatic carbocycles. The number of benzene rings is 2. The third-order valence-electron chi connectivity index (χ3n) is 3.07. The Hall–Kier alpha value is -2.01. The molecular weight excluding hydrogens is 336 g/mol. The van der Waals surface area contributed by atoms with Crippen molar-refractivity contribution >= 4 is 21.7 Å². The van der Waals surface area contributed by atoms with Crippen LogP contribution >= 0.6 is 15.9 Å². The lowest BCUT2D eigenvalue weighted by molar-refractivity contribution is 0.103. The standard InChI is InChI=1S/C16H15BrO4/c1-19-10-4-6-14(17)12(8-10)16(18)13-9-11(20-2)5-7-15(13)21-3/h4-9H,1-3H3. The van der Waals surface area contributed by atoms with Gasteiger partial charge in [-0.05, 0) is 36.4 Å². The van der Waals surface area contributed by atoms with Gasteiger partial charge in [0.25, 0.3) is 0 Å². The van der Waals surface area contributed by atoms with Crippen LogP contribution in [-0.4, -0.2) is 27.1 Å². The molecule has 0 N–H and O–H groups in total. The van der Waals surface area contributed by atoms with Crippen LogP contribution in [0.3, 0.4) is 0 Å². The van der Waals surface area contributed by atoms with Crippen molar-refractivity contribution in [2.24, 2.45) is 0 Å². The molecule has 0 unspecified atom stereocenters. The molecule has 110 valence electrons. The normalized spacial score (nSPS) is 10.1. The maximum absolute atomic E-state index is 12.8. The van der Waals surface area contributed by atoms with Gasteiger partial charge in [0.2, 0.25) is 0 Å². The topological polar surface area (TPSA) is 44.8 Å². The predicted molar refractivity (Wildman–Crippen MR) is 83.7 cm³/mol. The molecule has 0 aliphatic rings. The zero-order chi connectivity index (χ0) is 15.4. The largest absolute Gasteiger partial charge is 0.497 e. The van der Waals surface area contributed by atoms with Gasteiger partial charge in [0.15, 0.2) is 5.78 Å². The predicted octanol–water partition coefficient (Wildman–Crippen LogP) is 3.71. The first-order valence-electron chi connectivity index (χ1n) is 6.21. The summed E-state index contributed by atoms with van der Waals surface area (Å²) in [6, 6.07) is 10.4. The summed E-state index contributed by atoms with van der Waals surface area (Å²) >= 11 is 3.39. The van der Waals surface area contributed by atoms with E-state index in [1.54, 1.807) is 50.6 Å². The van der Waals surface area contributed by atoms with Gasteiger partial charge >= 0.3 is 0 Å². The molecule has 0 saturated carbocycles. The molecule has 0 radical (unpaired) electrons. The molecule has 4 nitrogen and oxygen atoms in total. The number of methoxy groups -OCH3 is 3. The van der Waals surface area contributed by atoms with Crippen LogP contribution in [0.25, 0.3) is 0 Å². The summed E-state index contributed by atoms with van der Waals surface area (Å²) in [5, 5.41) is 0. The quantitative estimate of drug-likeness (QED) is 0.771. The molecule has 0 amide bonds. The first kappa shape index (κ1) is 15.4. The first-order valence-corrected chi connectivity index (χ1v) is 7.00. The highest BCUT2D eigenvalue weighted by molar-refractivity contribution is 9.10. The van der Waals surface area contributed by atoms with Crippen molar-refractivity contribution in [2.75, 3.05) is 21.3 Å². The van der Waals surface area contributed by atoms with E-state index in [0.717, 1.165) is 0 Å². The van der Waals surface area contributed by atoms with E-state index in [-0.39, 0.29) is 5.78 Å². The van der Waals surface area contributed by atoms with Gasteiger partial charge in [-0.1, -0.05) is 15.9 Å². The Morgan fingerprint density at radius 1 is 0.857 bits per heavy atom. The van der Waals surface area contributed by atoms with E-state index in [1.807, 2.05) is 0 Å². The van der Waals surface area contributed by atoms with Crippen molar-refractivity contribution in [2.45, 2.75) is 0 Å². The van der Waals surface area contributed by atoms with Crippen LogP contribution in [0.5, 0.6) is 17.2 Å². The SMILES string of the molecule is COc1ccc(Br)c(C(=O)c2cc(OC)ccc2OC)c1. The van der Waals surface area contributed by atoms with Gasteiger partial charge in [-0.2, -0.15) is 0 Å². The lowest BCUT2D eigenvalue weighted by Gasteiger charge is -2.11. The number of hydrogen-bond donors (Lipinski definition) is 0. The van der Waals surface area contributed by atoms with Crippen molar-refractivity contribution in [3.63, 3.8) is 0 Å². The smallest absolute Gasteiger partial charge is 0.198 e. The van der Waals surface area contributed by atoms with E-state index < -0.39 is 0 Å². The summed E-state index contributed by atoms with van der Waals surface area (Å²) < 4.78 is 16.3. The van der Waals surface area contributed by atoms with Gasteiger partial charge in [0.1, 0.15) is 17.2 Å². The van der Waals surface area contributed by atoms with Crippen molar-refractivity contribution in [3.8, 4) is 17.2 Å². The molecule has 0 heterocycles. The number of rotatable bonds is 5. The molecule has 2 aromatic carbocycles. The minimum Gasteiger partial charge on any atom is -0.497 e. The van der Waals surface area contributed by atoms with Gasteiger partial charge in [-0.25, -0.2) is 0 Å². The van der Waals surface area contributed by atoms with Gasteiger partial charge < -0.3 is 14.2 Å². The Labute approximate surface area is 131 Å². The van der Waals surface area contributed by atoms with Crippen molar-refractivity contribution in [1.29, 1.82) is 0 Å². The van der Waals surface area contributed by atoms with Crippen LogP contribution in [0.4, 0.5) is 0 Å². The third-order valence-corrected chi connectivity index (χ3v) is 3.76. The first-order chi connectivity index (χ1) is 10.1. The Bertz CT molecular complexity index is 667. The second-order valence-electron chi connectivity index (χ2n) is 4.24. The zero-order valence-electron chi connectivity index (χ0n) is 12.0. The second kappa shape index (κ2) is 6.63. The fraction of sp³-hybridized carbons (Fsp3) is 0.188. The number of ether oxygens (including phenoxy) is 3. The second-order valence-corrected chi connectivity index (χ2v) is 5.10. The minimum absolute atomic E-state index is 0.170. The summed E-state index contributed by atoms with van der Waals surface area (Å²) in [4.78, 5) is 12.8. The van der Waals surface area contributed by atoms with Crippen molar-refractivity contribution in [3.05, 3.63) is 52.0 Å². The molecule has 0 saturated heterocycles. The van der Waals surface area contributed by atoms with E-state index >= 15 is 0 Å². The summed E-state index contributed by atoms with van der Waals surface area (Å²) in [6.45, 7) is 0. The fourth-order valence-corrected chi connectivity index (χ4v) is 2.37. The maximum Gasteiger partial charge on any atom is 0.198 e. The lowest BCUT2D eigenvalue weighted by Crippen LogP contribution is -2.06. The summed E-state index contributed by atoms with van der Waals surface area (Å²) in [5.41, 5.74) is 0.937. The highest BCUT2D eigenvalue weighted by Crippen LogP contribution is 2.30. The number of halogens is 1. The van der Waals surface area contributed by atoms with Crippen LogP contribution in [-0.2, 0) is 0 Å². The Morgan fingerprint density at radius 3 is 2.00 bits per heavy atom. The molecule has 0 aliphatic heterocycles. The molecule has 2 aromatic rings. The molecule has 5 heteroatoms. The van der Waals surface area contributed by atoms with Crippen LogP contribution in [0, 0.1) is 0 Å². The number of hydrogen-bond acceptors (Lipinski definition) is 4. The average Bonchev–Trinajstić information content (AvgIpc) is 2.54. The summed E-state index contributed by atoms with van der Waals surface area (Å²) in [7, 11) is 4.64. The molecule has 0 spiro atoms. The molecule has 21 heavy (non-hydrogen) atoms. The molecule has 0 fully saturated rings. The zero-order valence-corrected chi connectivity index (χ0v) is 13.6. The number of carbonyl (C=O) groups excluding carboxylic acids is 1. The van der Waals surface area contributed by atoms with E-state index in [4.69, 9.17) is 14.2 Å². The molecule has 0 bridgehead atoms. The van der Waals surface area contributed by atoms with E-state index in [2.05, 4.69) is 15.9 Å². The van der Waals surface area contributed by atoms with Crippen LogP contribution in [0.1, 0.15) is 15.9 Å². The maximum atomic E-state index is 12.8. The molecular formula is C16H15BrO4. The van der Waals surface area contributed by atoms with Crippen molar-refractivity contribution < 1.29 is 19.0 Å². The number of ketones is 1. The third kappa shape index (κ3) is 3.19.